The Bertz CT molecular complexity index is 634. The van der Waals surface area contributed by atoms with Gasteiger partial charge < -0.3 is 5.32 Å². The van der Waals surface area contributed by atoms with Gasteiger partial charge in [0.2, 0.25) is 0 Å². The van der Waals surface area contributed by atoms with E-state index in [2.05, 4.69) is 71.6 Å². The summed E-state index contributed by atoms with van der Waals surface area (Å²) in [6, 6.07) is 16.2. The molecule has 2 aromatic rings. The van der Waals surface area contributed by atoms with E-state index in [0.29, 0.717) is 6.04 Å². The Balaban J connectivity index is 1.83. The molecule has 0 aromatic heterocycles. The van der Waals surface area contributed by atoms with Crippen LogP contribution < -0.4 is 5.32 Å². The van der Waals surface area contributed by atoms with Crippen LogP contribution >= 0.6 is 0 Å². The molecule has 3 heteroatoms. The van der Waals surface area contributed by atoms with Crippen molar-refractivity contribution in [2.75, 3.05) is 46.3 Å². The molecule has 0 radical (unpaired) electrons. The normalized spacial score (nSPS) is 17.5. The number of hydrogen-bond acceptors (Lipinski definition) is 3. The van der Waals surface area contributed by atoms with Gasteiger partial charge in [-0.1, -0.05) is 49.7 Å². The molecule has 1 fully saturated rings. The number of rotatable bonds is 7. The zero-order chi connectivity index (χ0) is 16.8. The van der Waals surface area contributed by atoms with Crippen LogP contribution in [0, 0.1) is 0 Å². The molecule has 1 aliphatic rings. The number of piperazine rings is 1. The van der Waals surface area contributed by atoms with Gasteiger partial charge in [-0.2, -0.15) is 0 Å². The third-order valence-electron chi connectivity index (χ3n) is 5.20. The van der Waals surface area contributed by atoms with Crippen LogP contribution in [-0.4, -0.2) is 56.1 Å². The van der Waals surface area contributed by atoms with E-state index in [1.54, 1.807) is 0 Å². The van der Waals surface area contributed by atoms with Gasteiger partial charge in [-0.15, -0.1) is 0 Å². The smallest absolute Gasteiger partial charge is 0.0472 e. The van der Waals surface area contributed by atoms with Crippen LogP contribution in [0.3, 0.4) is 0 Å². The van der Waals surface area contributed by atoms with Crippen LogP contribution in [-0.2, 0) is 0 Å². The van der Waals surface area contributed by atoms with Crippen molar-refractivity contribution in [3.8, 4) is 0 Å². The molecule has 0 aliphatic carbocycles. The summed E-state index contributed by atoms with van der Waals surface area (Å²) in [6.45, 7) is 9.11. The van der Waals surface area contributed by atoms with E-state index in [0.717, 1.165) is 32.7 Å². The predicted molar refractivity (Wildman–Crippen MR) is 104 cm³/mol. The Morgan fingerprint density at radius 2 is 1.83 bits per heavy atom. The summed E-state index contributed by atoms with van der Waals surface area (Å²) < 4.78 is 0. The molecule has 0 amide bonds. The number of likely N-dealkylation sites (N-methyl/N-ethyl adjacent to an activating group) is 1. The van der Waals surface area contributed by atoms with Gasteiger partial charge in [0.25, 0.3) is 0 Å². The summed E-state index contributed by atoms with van der Waals surface area (Å²) in [4.78, 5) is 5.16. The van der Waals surface area contributed by atoms with E-state index < -0.39 is 0 Å². The first-order chi connectivity index (χ1) is 11.8. The van der Waals surface area contributed by atoms with Crippen molar-refractivity contribution in [3.63, 3.8) is 0 Å². The van der Waals surface area contributed by atoms with E-state index >= 15 is 0 Å². The fourth-order valence-electron chi connectivity index (χ4n) is 3.62. The lowest BCUT2D eigenvalue weighted by Crippen LogP contribution is -2.47. The molecule has 1 atom stereocenters. The molecule has 1 heterocycles. The van der Waals surface area contributed by atoms with Crippen LogP contribution in [0.1, 0.15) is 31.4 Å². The topological polar surface area (TPSA) is 18.5 Å². The first-order valence-electron chi connectivity index (χ1n) is 9.40. The number of nitrogens with one attached hydrogen (secondary N) is 1. The Hall–Kier alpha value is -1.42. The summed E-state index contributed by atoms with van der Waals surface area (Å²) in [5.74, 6) is 0. The van der Waals surface area contributed by atoms with Crippen molar-refractivity contribution in [2.24, 2.45) is 0 Å². The summed E-state index contributed by atoms with van der Waals surface area (Å²) in [7, 11) is 2.29. The second-order valence-electron chi connectivity index (χ2n) is 7.01. The molecule has 1 N–H and O–H groups in total. The van der Waals surface area contributed by atoms with Gasteiger partial charge in [-0.3, -0.25) is 9.80 Å². The van der Waals surface area contributed by atoms with Gasteiger partial charge in [0, 0.05) is 38.8 Å². The fraction of sp³-hybridized carbons (Fsp3) is 0.524. The summed E-state index contributed by atoms with van der Waals surface area (Å²) in [5, 5.41) is 6.14. The van der Waals surface area contributed by atoms with Gasteiger partial charge >= 0.3 is 0 Å². The zero-order valence-electron chi connectivity index (χ0n) is 15.2. The van der Waals surface area contributed by atoms with Gasteiger partial charge in [-0.25, -0.2) is 0 Å². The minimum absolute atomic E-state index is 0.472. The number of hydrogen-bond donors (Lipinski definition) is 1. The summed E-state index contributed by atoms with van der Waals surface area (Å²) in [6.07, 6.45) is 2.52. The van der Waals surface area contributed by atoms with E-state index in [4.69, 9.17) is 0 Å². The van der Waals surface area contributed by atoms with Crippen LogP contribution in [0.4, 0.5) is 0 Å². The SMILES string of the molecule is CCCCN(C)C(CN1CCNCC1)c1ccc2ccccc2c1. The lowest BCUT2D eigenvalue weighted by atomic mass is 10.00. The second kappa shape index (κ2) is 8.61. The standard InChI is InChI=1S/C21H31N3/c1-3-4-13-23(2)21(17-24-14-11-22-12-15-24)20-10-9-18-7-5-6-8-19(18)16-20/h5-10,16,21-22H,3-4,11-15,17H2,1-2H3. The molecular weight excluding hydrogens is 294 g/mol. The highest BCUT2D eigenvalue weighted by molar-refractivity contribution is 5.83. The van der Waals surface area contributed by atoms with Crippen LogP contribution in [0.5, 0.6) is 0 Å². The van der Waals surface area contributed by atoms with Gasteiger partial charge in [-0.05, 0) is 42.4 Å². The molecule has 24 heavy (non-hydrogen) atoms. The molecule has 0 saturated carbocycles. The van der Waals surface area contributed by atoms with E-state index in [1.807, 2.05) is 0 Å². The molecule has 0 spiro atoms. The predicted octanol–water partition coefficient (Wildman–Crippen LogP) is 3.52. The highest BCUT2D eigenvalue weighted by Gasteiger charge is 2.21. The fourth-order valence-corrected chi connectivity index (χ4v) is 3.62. The maximum absolute atomic E-state index is 3.46. The summed E-state index contributed by atoms with van der Waals surface area (Å²) >= 11 is 0. The Morgan fingerprint density at radius 1 is 1.08 bits per heavy atom. The van der Waals surface area contributed by atoms with Crippen LogP contribution in [0.2, 0.25) is 0 Å². The van der Waals surface area contributed by atoms with Crippen molar-refractivity contribution in [2.45, 2.75) is 25.8 Å². The maximum atomic E-state index is 3.46. The van der Waals surface area contributed by atoms with Gasteiger partial charge in [0.15, 0.2) is 0 Å². The maximum Gasteiger partial charge on any atom is 0.0472 e. The van der Waals surface area contributed by atoms with E-state index in [-0.39, 0.29) is 0 Å². The molecule has 1 unspecified atom stereocenters. The number of nitrogens with zero attached hydrogens (tertiary/aromatic N) is 2. The van der Waals surface area contributed by atoms with Crippen LogP contribution in [0.25, 0.3) is 10.8 Å². The molecule has 130 valence electrons. The molecule has 3 nitrogen and oxygen atoms in total. The van der Waals surface area contributed by atoms with Crippen molar-refractivity contribution < 1.29 is 0 Å². The quantitative estimate of drug-likeness (QED) is 0.840. The van der Waals surface area contributed by atoms with Crippen molar-refractivity contribution in [1.29, 1.82) is 0 Å². The van der Waals surface area contributed by atoms with Crippen LogP contribution in [0.15, 0.2) is 42.5 Å². The molecule has 1 saturated heterocycles. The Kier molecular flexibility index (Phi) is 6.24. The van der Waals surface area contributed by atoms with Crippen molar-refractivity contribution in [1.82, 2.24) is 15.1 Å². The van der Waals surface area contributed by atoms with Gasteiger partial charge in [0.1, 0.15) is 0 Å². The van der Waals surface area contributed by atoms with Crippen molar-refractivity contribution >= 4 is 10.8 Å². The van der Waals surface area contributed by atoms with Crippen molar-refractivity contribution in [3.05, 3.63) is 48.0 Å². The minimum atomic E-state index is 0.472. The number of unbranched alkanes of at least 4 members (excludes halogenated alkanes) is 1. The highest BCUT2D eigenvalue weighted by atomic mass is 15.2. The molecule has 1 aliphatic heterocycles. The third kappa shape index (κ3) is 4.35. The van der Waals surface area contributed by atoms with E-state index in [9.17, 15) is 0 Å². The second-order valence-corrected chi connectivity index (χ2v) is 7.01. The molecule has 2 aromatic carbocycles. The molecule has 3 rings (SSSR count). The number of fused-ring (bicyclic) bond motifs is 1. The van der Waals surface area contributed by atoms with Gasteiger partial charge in [0.05, 0.1) is 0 Å². The molecule has 0 bridgehead atoms. The monoisotopic (exact) mass is 325 g/mol. The minimum Gasteiger partial charge on any atom is -0.314 e. The Labute approximate surface area is 146 Å². The van der Waals surface area contributed by atoms with E-state index in [1.165, 1.54) is 35.7 Å². The molecular formula is C21H31N3. The summed E-state index contributed by atoms with van der Waals surface area (Å²) in [5.41, 5.74) is 1.45. The lowest BCUT2D eigenvalue weighted by Gasteiger charge is -2.35. The first-order valence-corrected chi connectivity index (χ1v) is 9.40. The highest BCUT2D eigenvalue weighted by Crippen LogP contribution is 2.25. The first kappa shape index (κ1) is 17.4. The average molecular weight is 326 g/mol. The zero-order valence-corrected chi connectivity index (χ0v) is 15.2. The lowest BCUT2D eigenvalue weighted by molar-refractivity contribution is 0.149. The average Bonchev–Trinajstić information content (AvgIpc) is 2.64. The Morgan fingerprint density at radius 3 is 2.58 bits per heavy atom. The third-order valence-corrected chi connectivity index (χ3v) is 5.20. The largest absolute Gasteiger partial charge is 0.314 e. The number of benzene rings is 2.